The fourth-order valence-corrected chi connectivity index (χ4v) is 6.05. The highest BCUT2D eigenvalue weighted by Crippen LogP contribution is 2.26. The number of benzene rings is 1. The first-order valence-corrected chi connectivity index (χ1v) is 18.5. The zero-order valence-corrected chi connectivity index (χ0v) is 30.2. The molecule has 0 aliphatic heterocycles. The van der Waals surface area contributed by atoms with E-state index >= 15 is 0 Å². The zero-order valence-electron chi connectivity index (χ0n) is 30.2. The molecule has 250 valence electrons. The Morgan fingerprint density at radius 2 is 0.930 bits per heavy atom. The van der Waals surface area contributed by atoms with Crippen molar-refractivity contribution in [3.8, 4) is 5.75 Å². The number of ether oxygens (including phenoxy) is 1. The van der Waals surface area contributed by atoms with Crippen molar-refractivity contribution < 1.29 is 18.5 Å². The molecular weight excluding hydrogens is 528 g/mol. The Labute approximate surface area is 269 Å². The summed E-state index contributed by atoms with van der Waals surface area (Å²) >= 11 is 0. The van der Waals surface area contributed by atoms with Crippen molar-refractivity contribution in [2.75, 3.05) is 35.2 Å². The van der Waals surface area contributed by atoms with Gasteiger partial charge in [-0.15, -0.1) is 0 Å². The maximum atomic E-state index is 13.9. The van der Waals surface area contributed by atoms with E-state index in [1.54, 1.807) is 0 Å². The number of rotatable bonds is 27. The normalized spacial score (nSPS) is 13.0. The van der Waals surface area contributed by atoms with Crippen molar-refractivity contribution in [3.05, 3.63) is 29.8 Å². The molecule has 1 aromatic rings. The molecule has 0 saturated heterocycles. The van der Waals surface area contributed by atoms with E-state index in [-0.39, 0.29) is 12.1 Å². The molecule has 4 nitrogen and oxygen atoms in total. The minimum Gasteiger partial charge on any atom is -0.443 e. The van der Waals surface area contributed by atoms with Crippen LogP contribution in [-0.4, -0.2) is 62.4 Å². The molecule has 1 atom stereocenters. The van der Waals surface area contributed by atoms with Crippen LogP contribution in [0, 0.1) is 0 Å². The van der Waals surface area contributed by atoms with Gasteiger partial charge in [-0.3, -0.25) is 8.97 Å². The molecule has 0 aliphatic carbocycles. The van der Waals surface area contributed by atoms with Crippen molar-refractivity contribution in [1.29, 1.82) is 0 Å². The molecule has 43 heavy (non-hydrogen) atoms. The van der Waals surface area contributed by atoms with Crippen LogP contribution in [0.5, 0.6) is 5.75 Å². The third kappa shape index (κ3) is 17.6. The molecule has 0 heterocycles. The lowest BCUT2D eigenvalue weighted by atomic mass is 9.96. The molecule has 1 aromatic carbocycles. The molecular formula is C39H74N2O2+2. The van der Waals surface area contributed by atoms with E-state index in [2.05, 4.69) is 56.0 Å². The fourth-order valence-electron chi connectivity index (χ4n) is 6.05. The minimum absolute atomic E-state index is 0.0419. The van der Waals surface area contributed by atoms with Gasteiger partial charge in [0.05, 0.1) is 46.8 Å². The predicted molar refractivity (Wildman–Crippen MR) is 188 cm³/mol. The summed E-state index contributed by atoms with van der Waals surface area (Å²) < 4.78 is 7.31. The molecule has 4 heteroatoms. The van der Waals surface area contributed by atoms with Crippen LogP contribution in [0.4, 0.5) is 0 Å². The Morgan fingerprint density at radius 3 is 1.28 bits per heavy atom. The van der Waals surface area contributed by atoms with Crippen LogP contribution < -0.4 is 4.74 Å². The average molecular weight is 603 g/mol. The van der Waals surface area contributed by atoms with Gasteiger partial charge >= 0.3 is 5.91 Å². The Bertz CT molecular complexity index is 788. The van der Waals surface area contributed by atoms with Crippen molar-refractivity contribution >= 4 is 5.91 Å². The van der Waals surface area contributed by atoms with Crippen LogP contribution >= 0.6 is 0 Å². The van der Waals surface area contributed by atoms with Gasteiger partial charge in [0.25, 0.3) is 0 Å². The number of carbonyl (C=O) groups excluding carboxylic acids is 1. The van der Waals surface area contributed by atoms with Gasteiger partial charge in [-0.05, 0) is 49.9 Å². The van der Waals surface area contributed by atoms with Crippen LogP contribution in [-0.2, 0) is 0 Å². The van der Waals surface area contributed by atoms with E-state index in [0.717, 1.165) is 28.6 Å². The summed E-state index contributed by atoms with van der Waals surface area (Å²) in [5.41, 5.74) is 0.798. The van der Waals surface area contributed by atoms with Crippen LogP contribution in [0.15, 0.2) is 24.3 Å². The molecule has 0 fully saturated rings. The van der Waals surface area contributed by atoms with Crippen LogP contribution in [0.1, 0.15) is 172 Å². The first kappa shape index (κ1) is 39.6. The largest absolute Gasteiger partial charge is 0.443 e. The van der Waals surface area contributed by atoms with Gasteiger partial charge in [0.2, 0.25) is 6.23 Å². The van der Waals surface area contributed by atoms with Gasteiger partial charge in [-0.1, -0.05) is 129 Å². The van der Waals surface area contributed by atoms with Crippen molar-refractivity contribution in [1.82, 2.24) is 0 Å². The average Bonchev–Trinajstić information content (AvgIpc) is 2.97. The standard InChI is InChI=1S/C39H74N2O2/c1-9-11-13-15-17-19-21-23-25-27-29-37(30-28-26-24-22-20-18-16-14-12-10-2)41(7,8)39(42)36-31-33-38(34-32-36)43-35(3)40(4,5)6/h31-35,37H,9-30H2,1-8H3/q+2. The molecule has 0 bridgehead atoms. The maximum absolute atomic E-state index is 13.9. The summed E-state index contributed by atoms with van der Waals surface area (Å²) in [5, 5.41) is 0. The summed E-state index contributed by atoms with van der Waals surface area (Å²) in [6.45, 7) is 6.67. The van der Waals surface area contributed by atoms with Gasteiger partial charge in [0, 0.05) is 6.92 Å². The molecule has 0 N–H and O–H groups in total. The molecule has 0 spiro atoms. The Balaban J connectivity index is 2.65. The number of hydrogen-bond acceptors (Lipinski definition) is 2. The SMILES string of the molecule is CCCCCCCCCCCCC(CCCCCCCCCCCC)[N+](C)(C)C(=O)c1ccc(OC(C)[N+](C)(C)C)cc1. The van der Waals surface area contributed by atoms with Crippen molar-refractivity contribution in [3.63, 3.8) is 0 Å². The van der Waals surface area contributed by atoms with Crippen molar-refractivity contribution in [2.24, 2.45) is 0 Å². The Kier molecular flexibility index (Phi) is 21.2. The smallest absolute Gasteiger partial charge is 0.345 e. The predicted octanol–water partition coefficient (Wildman–Crippen LogP) is 11.3. The topological polar surface area (TPSA) is 26.3 Å². The van der Waals surface area contributed by atoms with Crippen LogP contribution in [0.25, 0.3) is 0 Å². The molecule has 0 aliphatic rings. The zero-order chi connectivity index (χ0) is 32.0. The van der Waals surface area contributed by atoms with E-state index in [1.807, 2.05) is 24.3 Å². The third-order valence-electron chi connectivity index (χ3n) is 9.72. The van der Waals surface area contributed by atoms with E-state index in [9.17, 15) is 4.79 Å². The van der Waals surface area contributed by atoms with Gasteiger partial charge in [0.1, 0.15) is 5.75 Å². The minimum atomic E-state index is 0.0419. The molecule has 1 amide bonds. The summed E-state index contributed by atoms with van der Waals surface area (Å²) in [4.78, 5) is 13.9. The third-order valence-corrected chi connectivity index (χ3v) is 9.72. The second-order valence-electron chi connectivity index (χ2n) is 14.8. The van der Waals surface area contributed by atoms with Gasteiger partial charge in [-0.2, -0.15) is 0 Å². The number of carbonyl (C=O) groups is 1. The van der Waals surface area contributed by atoms with Crippen LogP contribution in [0.2, 0.25) is 0 Å². The molecule has 1 unspecified atom stereocenters. The highest BCUT2D eigenvalue weighted by atomic mass is 16.5. The molecule has 0 saturated carbocycles. The first-order valence-electron chi connectivity index (χ1n) is 18.5. The van der Waals surface area contributed by atoms with Crippen LogP contribution in [0.3, 0.4) is 0 Å². The number of unbranched alkanes of at least 4 members (excludes halogenated alkanes) is 18. The molecule has 0 aromatic heterocycles. The first-order chi connectivity index (χ1) is 20.5. The van der Waals surface area contributed by atoms with E-state index < -0.39 is 0 Å². The number of nitrogens with zero attached hydrogens (tertiary/aromatic N) is 2. The highest BCUT2D eigenvalue weighted by molar-refractivity contribution is 5.89. The maximum Gasteiger partial charge on any atom is 0.345 e. The van der Waals surface area contributed by atoms with Gasteiger partial charge < -0.3 is 4.74 Å². The number of hydrogen-bond donors (Lipinski definition) is 0. The lowest BCUT2D eigenvalue weighted by Crippen LogP contribution is -2.53. The Morgan fingerprint density at radius 1 is 0.581 bits per heavy atom. The second-order valence-corrected chi connectivity index (χ2v) is 14.8. The quantitative estimate of drug-likeness (QED) is 0.0569. The summed E-state index contributed by atoms with van der Waals surface area (Å²) in [7, 11) is 10.7. The number of quaternary nitrogens is 2. The fraction of sp³-hybridized carbons (Fsp3) is 0.821. The van der Waals surface area contributed by atoms with E-state index in [1.165, 1.54) is 128 Å². The summed E-state index contributed by atoms with van der Waals surface area (Å²) in [6.07, 6.45) is 29.5. The lowest BCUT2D eigenvalue weighted by molar-refractivity contribution is -0.912. The summed E-state index contributed by atoms with van der Waals surface area (Å²) in [6, 6.07) is 8.26. The summed E-state index contributed by atoms with van der Waals surface area (Å²) in [5.74, 6) is 1.06. The van der Waals surface area contributed by atoms with E-state index in [4.69, 9.17) is 4.74 Å². The highest BCUT2D eigenvalue weighted by Gasteiger charge is 2.36. The second kappa shape index (κ2) is 23.0. The number of amides is 1. The molecule has 0 radical (unpaired) electrons. The molecule has 1 rings (SSSR count). The van der Waals surface area contributed by atoms with E-state index in [0.29, 0.717) is 10.5 Å². The van der Waals surface area contributed by atoms with Gasteiger partial charge in [0.15, 0.2) is 0 Å². The van der Waals surface area contributed by atoms with Crippen molar-refractivity contribution in [2.45, 2.75) is 174 Å². The lowest BCUT2D eigenvalue weighted by Gasteiger charge is -2.36. The van der Waals surface area contributed by atoms with Gasteiger partial charge in [-0.25, -0.2) is 4.79 Å². The Hall–Kier alpha value is -1.39. The monoisotopic (exact) mass is 603 g/mol.